The molecule has 1 unspecified atom stereocenters. The Kier molecular flexibility index (Phi) is 5.67. The molecule has 6 heteroatoms. The van der Waals surface area contributed by atoms with Gasteiger partial charge in [-0.25, -0.2) is 9.34 Å². The van der Waals surface area contributed by atoms with Crippen LogP contribution in [-0.4, -0.2) is 48.9 Å². The van der Waals surface area contributed by atoms with E-state index < -0.39 is 7.67 Å². The number of ketones is 1. The maximum atomic E-state index is 12.4. The summed E-state index contributed by atoms with van der Waals surface area (Å²) < 4.78 is 20.8. The second-order valence-corrected chi connectivity index (χ2v) is 6.68. The van der Waals surface area contributed by atoms with Crippen LogP contribution < -0.4 is 0 Å². The molecule has 1 atom stereocenters. The molecular formula is C9H21N2O3P. The van der Waals surface area contributed by atoms with E-state index in [2.05, 4.69) is 0 Å². The maximum absolute atomic E-state index is 12.4. The molecule has 0 saturated carbocycles. The van der Waals surface area contributed by atoms with Gasteiger partial charge in [0.15, 0.2) is 0 Å². The van der Waals surface area contributed by atoms with Gasteiger partial charge in [-0.3, -0.25) is 9.36 Å². The summed E-state index contributed by atoms with van der Waals surface area (Å²) in [4.78, 5) is 11.0. The zero-order valence-corrected chi connectivity index (χ0v) is 11.2. The van der Waals surface area contributed by atoms with Crippen molar-refractivity contribution in [1.82, 2.24) is 9.34 Å². The molecule has 0 aliphatic heterocycles. The van der Waals surface area contributed by atoms with Crippen molar-refractivity contribution < 1.29 is 13.9 Å². The average molecular weight is 236 g/mol. The van der Waals surface area contributed by atoms with E-state index in [9.17, 15) is 9.36 Å². The van der Waals surface area contributed by atoms with Gasteiger partial charge in [0.1, 0.15) is 5.78 Å². The van der Waals surface area contributed by atoms with Gasteiger partial charge in [0.05, 0.1) is 12.6 Å². The molecule has 15 heavy (non-hydrogen) atoms. The van der Waals surface area contributed by atoms with E-state index in [1.807, 2.05) is 13.8 Å². The molecule has 5 nitrogen and oxygen atoms in total. The Bertz CT molecular complexity index is 266. The van der Waals surface area contributed by atoms with E-state index in [4.69, 9.17) is 4.52 Å². The fourth-order valence-corrected chi connectivity index (χ4v) is 3.05. The zero-order chi connectivity index (χ0) is 12.2. The van der Waals surface area contributed by atoms with Crippen LogP contribution in [0.2, 0.25) is 0 Å². The van der Waals surface area contributed by atoms with Crippen LogP contribution in [0.3, 0.4) is 0 Å². The fraction of sp³-hybridized carbons (Fsp3) is 0.889. The van der Waals surface area contributed by atoms with E-state index >= 15 is 0 Å². The van der Waals surface area contributed by atoms with Crippen molar-refractivity contribution in [3.05, 3.63) is 0 Å². The second kappa shape index (κ2) is 5.75. The van der Waals surface area contributed by atoms with Crippen LogP contribution in [-0.2, 0) is 13.9 Å². The number of carbonyl (C=O) groups excluding carboxylic acids is 1. The number of rotatable bonds is 6. The number of nitrogens with zero attached hydrogens (tertiary/aromatic N) is 2. The summed E-state index contributed by atoms with van der Waals surface area (Å²) in [7, 11) is 1.94. The maximum Gasteiger partial charge on any atom is 0.345 e. The predicted octanol–water partition coefficient (Wildman–Crippen LogP) is 1.60. The highest BCUT2D eigenvalue weighted by atomic mass is 31.2. The highest BCUT2D eigenvalue weighted by Crippen LogP contribution is 2.52. The van der Waals surface area contributed by atoms with Gasteiger partial charge in [-0.15, -0.1) is 0 Å². The van der Waals surface area contributed by atoms with Crippen molar-refractivity contribution in [1.29, 1.82) is 0 Å². The number of Topliss-reactive ketones (excluding diaryl/α,β-unsaturated/α-hetero) is 1. The van der Waals surface area contributed by atoms with Gasteiger partial charge in [-0.2, -0.15) is 0 Å². The Morgan fingerprint density at radius 3 is 2.07 bits per heavy atom. The molecule has 0 aliphatic rings. The number of likely N-dealkylation sites (N-methyl/N-ethyl adjacent to an activating group) is 1. The Labute approximate surface area is 91.9 Å². The zero-order valence-electron chi connectivity index (χ0n) is 10.4. The van der Waals surface area contributed by atoms with Crippen molar-refractivity contribution in [2.75, 3.05) is 27.7 Å². The summed E-state index contributed by atoms with van der Waals surface area (Å²) in [5.41, 5.74) is 0. The molecule has 0 aromatic heterocycles. The molecule has 0 saturated heterocycles. The topological polar surface area (TPSA) is 49.9 Å². The van der Waals surface area contributed by atoms with Gasteiger partial charge in [0, 0.05) is 0 Å². The third kappa shape index (κ3) is 4.43. The first kappa shape index (κ1) is 14.8. The van der Waals surface area contributed by atoms with Gasteiger partial charge < -0.3 is 4.52 Å². The predicted molar refractivity (Wildman–Crippen MR) is 60.8 cm³/mol. The van der Waals surface area contributed by atoms with Crippen molar-refractivity contribution in [3.63, 3.8) is 0 Å². The summed E-state index contributed by atoms with van der Waals surface area (Å²) in [6.45, 7) is 5.23. The number of carbonyl (C=O) groups is 1. The van der Waals surface area contributed by atoms with Crippen LogP contribution in [0.4, 0.5) is 0 Å². The van der Waals surface area contributed by atoms with Gasteiger partial charge >= 0.3 is 7.67 Å². The van der Waals surface area contributed by atoms with E-state index in [0.29, 0.717) is 0 Å². The normalized spacial score (nSPS) is 16.1. The van der Waals surface area contributed by atoms with E-state index in [1.54, 1.807) is 21.1 Å². The molecule has 90 valence electrons. The smallest absolute Gasteiger partial charge is 0.303 e. The Morgan fingerprint density at radius 1 is 1.33 bits per heavy atom. The molecule has 0 radical (unpaired) electrons. The molecule has 0 amide bonds. The average Bonchev–Trinajstić information content (AvgIpc) is 2.00. The first-order chi connectivity index (χ1) is 6.70. The molecule has 0 bridgehead atoms. The van der Waals surface area contributed by atoms with Gasteiger partial charge in [0.2, 0.25) is 0 Å². The molecule has 0 aliphatic carbocycles. The van der Waals surface area contributed by atoms with E-state index in [-0.39, 0.29) is 18.4 Å². The van der Waals surface area contributed by atoms with Crippen LogP contribution in [0.25, 0.3) is 0 Å². The minimum absolute atomic E-state index is 0.0352. The summed E-state index contributed by atoms with van der Waals surface area (Å²) in [6.07, 6.45) is -0.146. The number of hydrogen-bond acceptors (Lipinski definition) is 3. The summed E-state index contributed by atoms with van der Waals surface area (Å²) >= 11 is 0. The van der Waals surface area contributed by atoms with Crippen LogP contribution in [0.15, 0.2) is 0 Å². The lowest BCUT2D eigenvalue weighted by atomic mass is 10.5. The van der Waals surface area contributed by atoms with Crippen molar-refractivity contribution in [3.8, 4) is 0 Å². The van der Waals surface area contributed by atoms with Crippen molar-refractivity contribution >= 4 is 13.5 Å². The Hall–Kier alpha value is -0.220. The molecule has 0 spiro atoms. The largest absolute Gasteiger partial charge is 0.345 e. The van der Waals surface area contributed by atoms with E-state index in [1.165, 1.54) is 16.3 Å². The van der Waals surface area contributed by atoms with E-state index in [0.717, 1.165) is 0 Å². The van der Waals surface area contributed by atoms with Crippen LogP contribution in [0.5, 0.6) is 0 Å². The quantitative estimate of drug-likeness (QED) is 0.656. The lowest BCUT2D eigenvalue weighted by Gasteiger charge is -2.32. The number of hydrogen-bond donors (Lipinski definition) is 0. The summed E-state index contributed by atoms with van der Waals surface area (Å²) in [5, 5.41) is 0. The minimum atomic E-state index is -3.05. The fourth-order valence-electron chi connectivity index (χ4n) is 1.17. The van der Waals surface area contributed by atoms with Crippen LogP contribution in [0, 0.1) is 0 Å². The van der Waals surface area contributed by atoms with Crippen molar-refractivity contribution in [2.45, 2.75) is 26.9 Å². The van der Waals surface area contributed by atoms with Crippen LogP contribution in [0.1, 0.15) is 20.8 Å². The summed E-state index contributed by atoms with van der Waals surface area (Å²) in [6, 6.07) is 0. The molecule has 0 heterocycles. The SMILES string of the molecule is CC(=O)CN(C)P(=O)(OC(C)C)N(C)C. The molecule has 0 fully saturated rings. The van der Waals surface area contributed by atoms with Gasteiger partial charge in [-0.05, 0) is 41.9 Å². The molecule has 0 rings (SSSR count). The molecule has 0 N–H and O–H groups in total. The monoisotopic (exact) mass is 236 g/mol. The molecule has 0 aromatic rings. The minimum Gasteiger partial charge on any atom is -0.303 e. The van der Waals surface area contributed by atoms with Crippen LogP contribution >= 0.6 is 7.67 Å². The summed E-state index contributed by atoms with van der Waals surface area (Å²) in [5.74, 6) is -0.0352. The molecule has 0 aromatic carbocycles. The standard InChI is InChI=1S/C9H21N2O3P/c1-8(2)14-15(13,10(4)5)11(6)7-9(3)12/h8H,7H2,1-6H3. The first-order valence-electron chi connectivity index (χ1n) is 4.87. The molecular weight excluding hydrogens is 215 g/mol. The Balaban J connectivity index is 4.78. The lowest BCUT2D eigenvalue weighted by molar-refractivity contribution is -0.117. The van der Waals surface area contributed by atoms with Crippen molar-refractivity contribution in [2.24, 2.45) is 0 Å². The third-order valence-corrected chi connectivity index (χ3v) is 4.45. The Morgan fingerprint density at radius 2 is 1.80 bits per heavy atom. The highest BCUT2D eigenvalue weighted by molar-refractivity contribution is 7.53. The van der Waals surface area contributed by atoms with Gasteiger partial charge in [-0.1, -0.05) is 0 Å². The first-order valence-corrected chi connectivity index (χ1v) is 6.40. The third-order valence-electron chi connectivity index (χ3n) is 1.74. The highest BCUT2D eigenvalue weighted by Gasteiger charge is 2.33. The second-order valence-electron chi connectivity index (χ2n) is 4.01. The lowest BCUT2D eigenvalue weighted by Crippen LogP contribution is -2.30. The van der Waals surface area contributed by atoms with Gasteiger partial charge in [0.25, 0.3) is 0 Å².